The van der Waals surface area contributed by atoms with Crippen molar-refractivity contribution in [1.29, 1.82) is 0 Å². The Hall–Kier alpha value is -2.99. The maximum atomic E-state index is 13.0. The molecule has 0 radical (unpaired) electrons. The highest BCUT2D eigenvalue weighted by atomic mass is 32.1. The number of anilines is 3. The molecule has 0 atom stereocenters. The number of hydrogen-bond acceptors (Lipinski definition) is 8. The molecule has 1 fully saturated rings. The van der Waals surface area contributed by atoms with E-state index in [2.05, 4.69) is 32.5 Å². The van der Waals surface area contributed by atoms with E-state index in [0.29, 0.717) is 30.2 Å². The molecule has 1 saturated heterocycles. The Morgan fingerprint density at radius 3 is 2.57 bits per heavy atom. The molecule has 0 aromatic carbocycles. The molecule has 4 rings (SSSR count). The zero-order valence-corrected chi connectivity index (χ0v) is 21.4. The molecule has 1 aliphatic heterocycles. The molecule has 0 bridgehead atoms. The lowest BCUT2D eigenvalue weighted by Gasteiger charge is -2.33. The molecule has 4 N–H and O–H groups in total. The number of piperazine rings is 1. The molecule has 11 heteroatoms. The average Bonchev–Trinajstić information content (AvgIpc) is 3.52. The Bertz CT molecular complexity index is 1090. The van der Waals surface area contributed by atoms with Gasteiger partial charge in [-0.3, -0.25) is 9.78 Å². The number of carbonyl (C=O) groups is 2. The molecule has 0 spiro atoms. The van der Waals surface area contributed by atoms with Crippen LogP contribution in [0.5, 0.6) is 0 Å². The van der Waals surface area contributed by atoms with Crippen molar-refractivity contribution in [2.24, 2.45) is 0 Å². The predicted molar refractivity (Wildman–Crippen MR) is 143 cm³/mol. The second kappa shape index (κ2) is 12.1. The number of urea groups is 1. The summed E-state index contributed by atoms with van der Waals surface area (Å²) >= 11 is 2.97. The minimum absolute atomic E-state index is 0.142. The van der Waals surface area contributed by atoms with E-state index in [4.69, 9.17) is 5.73 Å². The second-order valence-corrected chi connectivity index (χ2v) is 10.1. The number of thiophene rings is 2. The largest absolute Gasteiger partial charge is 0.396 e. The fourth-order valence-corrected chi connectivity index (χ4v) is 5.08. The summed E-state index contributed by atoms with van der Waals surface area (Å²) < 4.78 is 0. The van der Waals surface area contributed by atoms with Crippen LogP contribution in [-0.2, 0) is 6.54 Å². The van der Waals surface area contributed by atoms with Crippen LogP contribution in [-0.4, -0.2) is 77.9 Å². The van der Waals surface area contributed by atoms with Crippen molar-refractivity contribution in [3.63, 3.8) is 0 Å². The number of carbonyl (C=O) groups excluding carboxylic acids is 2. The number of nitrogens with one attached hydrogen (secondary N) is 2. The summed E-state index contributed by atoms with van der Waals surface area (Å²) in [5.41, 5.74) is 8.91. The maximum Gasteiger partial charge on any atom is 0.322 e. The van der Waals surface area contributed by atoms with Crippen LogP contribution in [0.1, 0.15) is 22.5 Å². The van der Waals surface area contributed by atoms with Crippen molar-refractivity contribution in [2.75, 3.05) is 62.7 Å². The fourth-order valence-electron chi connectivity index (χ4n) is 3.81. The molecule has 4 heterocycles. The Morgan fingerprint density at radius 2 is 1.91 bits per heavy atom. The van der Waals surface area contributed by atoms with Gasteiger partial charge in [0, 0.05) is 61.6 Å². The monoisotopic (exact) mass is 513 g/mol. The summed E-state index contributed by atoms with van der Waals surface area (Å²) in [7, 11) is 2.15. The van der Waals surface area contributed by atoms with Crippen molar-refractivity contribution < 1.29 is 9.59 Å². The van der Waals surface area contributed by atoms with Gasteiger partial charge in [0.2, 0.25) is 0 Å². The van der Waals surface area contributed by atoms with Crippen molar-refractivity contribution in [1.82, 2.24) is 19.7 Å². The molecule has 3 amide bonds. The lowest BCUT2D eigenvalue weighted by atomic mass is 10.2. The average molecular weight is 514 g/mol. The highest BCUT2D eigenvalue weighted by Gasteiger charge is 2.18. The predicted octanol–water partition coefficient (Wildman–Crippen LogP) is 3.71. The number of hydrogen-bond donors (Lipinski definition) is 3. The van der Waals surface area contributed by atoms with Crippen molar-refractivity contribution in [2.45, 2.75) is 13.0 Å². The van der Waals surface area contributed by atoms with Gasteiger partial charge >= 0.3 is 6.03 Å². The minimum Gasteiger partial charge on any atom is -0.396 e. The van der Waals surface area contributed by atoms with Gasteiger partial charge < -0.3 is 31.1 Å². The number of likely N-dealkylation sites (N-methyl/N-ethyl adjacent to an activating group) is 1. The Balaban J connectivity index is 1.36. The van der Waals surface area contributed by atoms with Crippen molar-refractivity contribution in [3.8, 4) is 0 Å². The SMILES string of the molecule is CN1CCN(CCCN(Cc2ccc(C(=O)Nc3cscc3N)nc2)C(=O)Nc2ccsc2)CC1. The first-order valence-electron chi connectivity index (χ1n) is 11.5. The van der Waals surface area contributed by atoms with Gasteiger partial charge in [0.25, 0.3) is 5.91 Å². The Morgan fingerprint density at radius 1 is 1.09 bits per heavy atom. The highest BCUT2D eigenvalue weighted by Crippen LogP contribution is 2.23. The topological polar surface area (TPSA) is 107 Å². The molecular weight excluding hydrogens is 482 g/mol. The number of pyridine rings is 1. The summed E-state index contributed by atoms with van der Waals surface area (Å²) in [4.78, 5) is 36.4. The second-order valence-electron chi connectivity index (χ2n) is 8.61. The van der Waals surface area contributed by atoms with Crippen LogP contribution in [0.15, 0.2) is 45.9 Å². The molecule has 0 unspecified atom stereocenters. The van der Waals surface area contributed by atoms with Gasteiger partial charge in [-0.05, 0) is 43.1 Å². The third-order valence-corrected chi connectivity index (χ3v) is 7.37. The van der Waals surface area contributed by atoms with Crippen LogP contribution in [0.4, 0.5) is 21.9 Å². The van der Waals surface area contributed by atoms with E-state index in [1.54, 1.807) is 39.3 Å². The van der Waals surface area contributed by atoms with Crippen LogP contribution in [0.3, 0.4) is 0 Å². The van der Waals surface area contributed by atoms with Gasteiger partial charge in [-0.2, -0.15) is 11.3 Å². The Labute approximate surface area is 213 Å². The van der Waals surface area contributed by atoms with Crippen LogP contribution < -0.4 is 16.4 Å². The summed E-state index contributed by atoms with van der Waals surface area (Å²) in [6.45, 7) is 6.26. The van der Waals surface area contributed by atoms with Gasteiger partial charge in [0.1, 0.15) is 5.69 Å². The van der Waals surface area contributed by atoms with Gasteiger partial charge in [0.15, 0.2) is 0 Å². The zero-order valence-electron chi connectivity index (χ0n) is 19.8. The molecule has 35 heavy (non-hydrogen) atoms. The number of rotatable bonds is 9. The lowest BCUT2D eigenvalue weighted by molar-refractivity contribution is 0.102. The van der Waals surface area contributed by atoms with E-state index in [0.717, 1.165) is 50.4 Å². The standard InChI is InChI=1S/C24H31N7O2S2/c1-29-8-10-30(11-9-29)6-2-7-31(24(33)27-19-5-12-34-15-19)14-18-3-4-21(26-13-18)23(32)28-22-17-35-16-20(22)25/h3-5,12-13,15-17H,2,6-11,14,25H2,1H3,(H,27,33)(H,28,32). The highest BCUT2D eigenvalue weighted by molar-refractivity contribution is 7.09. The Kier molecular flexibility index (Phi) is 8.69. The van der Waals surface area contributed by atoms with E-state index >= 15 is 0 Å². The summed E-state index contributed by atoms with van der Waals surface area (Å²) in [5.74, 6) is -0.319. The number of amides is 3. The maximum absolute atomic E-state index is 13.0. The molecule has 1 aliphatic rings. The molecule has 9 nitrogen and oxygen atoms in total. The quantitative estimate of drug-likeness (QED) is 0.403. The van der Waals surface area contributed by atoms with E-state index < -0.39 is 0 Å². The molecule has 0 aliphatic carbocycles. The zero-order chi connectivity index (χ0) is 24.6. The van der Waals surface area contributed by atoms with Crippen LogP contribution in [0.25, 0.3) is 0 Å². The fraction of sp³-hybridized carbons (Fsp3) is 0.375. The van der Waals surface area contributed by atoms with E-state index in [1.807, 2.05) is 22.9 Å². The third kappa shape index (κ3) is 7.25. The summed E-state index contributed by atoms with van der Waals surface area (Å²) in [6, 6.07) is 5.26. The first-order chi connectivity index (χ1) is 17.0. The minimum atomic E-state index is -0.319. The van der Waals surface area contributed by atoms with E-state index in [9.17, 15) is 9.59 Å². The summed E-state index contributed by atoms with van der Waals surface area (Å²) in [6.07, 6.45) is 2.54. The van der Waals surface area contributed by atoms with E-state index in [1.165, 1.54) is 11.3 Å². The van der Waals surface area contributed by atoms with Gasteiger partial charge in [-0.15, -0.1) is 11.3 Å². The molecule has 186 valence electrons. The van der Waals surface area contributed by atoms with Gasteiger partial charge in [-0.25, -0.2) is 4.79 Å². The first kappa shape index (κ1) is 25.1. The lowest BCUT2D eigenvalue weighted by Crippen LogP contribution is -2.45. The molecule has 3 aromatic rings. The van der Waals surface area contributed by atoms with Crippen LogP contribution in [0, 0.1) is 0 Å². The number of nitrogens with two attached hydrogens (primary N) is 1. The smallest absolute Gasteiger partial charge is 0.322 e. The third-order valence-electron chi connectivity index (χ3n) is 5.93. The number of nitrogens with zero attached hydrogens (tertiary/aromatic N) is 4. The van der Waals surface area contributed by atoms with E-state index in [-0.39, 0.29) is 11.9 Å². The summed E-state index contributed by atoms with van der Waals surface area (Å²) in [5, 5.41) is 13.2. The van der Waals surface area contributed by atoms with Crippen molar-refractivity contribution >= 4 is 51.7 Å². The normalized spacial score (nSPS) is 14.5. The van der Waals surface area contributed by atoms with Gasteiger partial charge in [0.05, 0.1) is 17.1 Å². The molecule has 0 saturated carbocycles. The number of aromatic nitrogens is 1. The van der Waals surface area contributed by atoms with Crippen molar-refractivity contribution in [3.05, 3.63) is 57.2 Å². The van der Waals surface area contributed by atoms with Crippen LogP contribution >= 0.6 is 22.7 Å². The first-order valence-corrected chi connectivity index (χ1v) is 13.4. The molecular formula is C24H31N7O2S2. The molecule has 3 aromatic heterocycles. The van der Waals surface area contributed by atoms with Gasteiger partial charge in [-0.1, -0.05) is 6.07 Å². The number of nitrogen functional groups attached to an aromatic ring is 1. The van der Waals surface area contributed by atoms with Crippen LogP contribution in [0.2, 0.25) is 0 Å².